The van der Waals surface area contributed by atoms with E-state index in [0.29, 0.717) is 17.6 Å². The highest BCUT2D eigenvalue weighted by Gasteiger charge is 2.26. The van der Waals surface area contributed by atoms with E-state index in [-0.39, 0.29) is 6.54 Å². The van der Waals surface area contributed by atoms with Gasteiger partial charge in [0.1, 0.15) is 0 Å². The van der Waals surface area contributed by atoms with Crippen molar-refractivity contribution in [2.75, 3.05) is 12.3 Å². The molecule has 90 valence electrons. The van der Waals surface area contributed by atoms with Crippen molar-refractivity contribution in [2.45, 2.75) is 37.0 Å². The fourth-order valence-corrected chi connectivity index (χ4v) is 2.85. The Kier molecular flexibility index (Phi) is 3.51. The molecule has 0 spiro atoms. The maximum absolute atomic E-state index is 9.79. The van der Waals surface area contributed by atoms with Gasteiger partial charge in [0.2, 0.25) is 5.89 Å². The molecular weight excluding hydrogens is 226 g/mol. The van der Waals surface area contributed by atoms with Gasteiger partial charge in [0.05, 0.1) is 17.3 Å². The van der Waals surface area contributed by atoms with Crippen LogP contribution in [0, 0.1) is 0 Å². The first-order chi connectivity index (χ1) is 7.61. The fourth-order valence-electron chi connectivity index (χ4n) is 1.65. The second kappa shape index (κ2) is 4.73. The monoisotopic (exact) mass is 243 g/mol. The van der Waals surface area contributed by atoms with Crippen molar-refractivity contribution in [3.63, 3.8) is 0 Å². The maximum Gasteiger partial charge on any atom is 0.229 e. The fraction of sp³-hybridized carbons (Fsp3) is 0.800. The van der Waals surface area contributed by atoms with E-state index in [0.717, 1.165) is 18.0 Å². The third-order valence-corrected chi connectivity index (χ3v) is 4.05. The minimum absolute atomic E-state index is 0.183. The molecule has 0 saturated carbocycles. The van der Waals surface area contributed by atoms with Crippen molar-refractivity contribution in [1.29, 1.82) is 0 Å². The Morgan fingerprint density at radius 2 is 2.50 bits per heavy atom. The number of aliphatic hydroxyl groups is 1. The van der Waals surface area contributed by atoms with Gasteiger partial charge < -0.3 is 15.4 Å². The summed E-state index contributed by atoms with van der Waals surface area (Å²) in [5.41, 5.74) is 4.47. The Morgan fingerprint density at radius 1 is 1.69 bits per heavy atom. The highest BCUT2D eigenvalue weighted by Crippen LogP contribution is 2.38. The molecule has 6 heteroatoms. The number of thioether (sulfide) groups is 1. The van der Waals surface area contributed by atoms with E-state index >= 15 is 0 Å². The molecule has 0 amide bonds. The summed E-state index contributed by atoms with van der Waals surface area (Å²) in [7, 11) is 0. The van der Waals surface area contributed by atoms with E-state index < -0.39 is 5.60 Å². The molecule has 0 bridgehead atoms. The van der Waals surface area contributed by atoms with Crippen LogP contribution in [0.1, 0.15) is 36.7 Å². The highest BCUT2D eigenvalue weighted by atomic mass is 32.2. The first-order valence-electron chi connectivity index (χ1n) is 5.47. The molecule has 16 heavy (non-hydrogen) atoms. The first-order valence-corrected chi connectivity index (χ1v) is 6.52. The van der Waals surface area contributed by atoms with E-state index in [1.807, 2.05) is 11.8 Å². The second-order valence-electron chi connectivity index (χ2n) is 4.43. The number of nitrogens with two attached hydrogens (primary N) is 1. The van der Waals surface area contributed by atoms with E-state index in [9.17, 15) is 5.11 Å². The van der Waals surface area contributed by atoms with Gasteiger partial charge in [0.15, 0.2) is 5.82 Å². The summed E-state index contributed by atoms with van der Waals surface area (Å²) in [6.45, 7) is 1.85. The van der Waals surface area contributed by atoms with Crippen molar-refractivity contribution in [3.8, 4) is 0 Å². The quantitative estimate of drug-likeness (QED) is 0.817. The van der Waals surface area contributed by atoms with Crippen LogP contribution in [-0.2, 0) is 6.42 Å². The van der Waals surface area contributed by atoms with Gasteiger partial charge >= 0.3 is 0 Å². The molecule has 2 atom stereocenters. The largest absolute Gasteiger partial charge is 0.388 e. The average Bonchev–Trinajstić information content (AvgIpc) is 2.86. The van der Waals surface area contributed by atoms with Crippen molar-refractivity contribution in [2.24, 2.45) is 5.73 Å². The van der Waals surface area contributed by atoms with Crippen LogP contribution < -0.4 is 5.73 Å². The lowest BCUT2D eigenvalue weighted by Crippen LogP contribution is -2.36. The Balaban J connectivity index is 2.01. The number of hydrogen-bond donors (Lipinski definition) is 2. The second-order valence-corrected chi connectivity index (χ2v) is 5.74. The van der Waals surface area contributed by atoms with E-state index in [1.165, 1.54) is 6.42 Å². The van der Waals surface area contributed by atoms with Gasteiger partial charge in [-0.15, -0.1) is 0 Å². The maximum atomic E-state index is 9.79. The molecule has 2 rings (SSSR count). The van der Waals surface area contributed by atoms with Crippen LogP contribution in [0.25, 0.3) is 0 Å². The van der Waals surface area contributed by atoms with Crippen molar-refractivity contribution in [1.82, 2.24) is 10.1 Å². The normalized spacial score (nSPS) is 24.6. The third-order valence-electron chi connectivity index (χ3n) is 2.67. The van der Waals surface area contributed by atoms with Gasteiger partial charge in [0.25, 0.3) is 0 Å². The third kappa shape index (κ3) is 2.75. The van der Waals surface area contributed by atoms with Gasteiger partial charge in [-0.1, -0.05) is 5.16 Å². The summed E-state index contributed by atoms with van der Waals surface area (Å²) in [5.74, 6) is 2.39. The summed E-state index contributed by atoms with van der Waals surface area (Å²) in [5, 5.41) is 14.1. The lowest BCUT2D eigenvalue weighted by molar-refractivity contribution is 0.0610. The molecule has 1 aromatic heterocycles. The molecule has 2 unspecified atom stereocenters. The molecule has 0 aliphatic carbocycles. The van der Waals surface area contributed by atoms with Crippen molar-refractivity contribution < 1.29 is 9.63 Å². The molecule has 1 aliphatic heterocycles. The zero-order valence-corrected chi connectivity index (χ0v) is 10.2. The van der Waals surface area contributed by atoms with Gasteiger partial charge in [-0.25, -0.2) is 0 Å². The Labute approximate surface area is 98.8 Å². The molecule has 0 radical (unpaired) electrons. The van der Waals surface area contributed by atoms with Crippen molar-refractivity contribution >= 4 is 11.8 Å². The predicted molar refractivity (Wildman–Crippen MR) is 62.1 cm³/mol. The topological polar surface area (TPSA) is 85.2 Å². The molecule has 1 saturated heterocycles. The summed E-state index contributed by atoms with van der Waals surface area (Å²) in [6, 6.07) is 0. The standard InChI is InChI=1S/C10H17N3O2S/c1-10(14,6-11)5-8-12-9(13-15-8)7-3-2-4-16-7/h7,14H,2-6,11H2,1H3. The number of hydrogen-bond acceptors (Lipinski definition) is 6. The lowest BCUT2D eigenvalue weighted by atomic mass is 10.0. The van der Waals surface area contributed by atoms with E-state index in [1.54, 1.807) is 6.92 Å². The molecule has 0 aromatic carbocycles. The van der Waals surface area contributed by atoms with Crippen LogP contribution in [0.2, 0.25) is 0 Å². The van der Waals surface area contributed by atoms with Crippen LogP contribution in [0.3, 0.4) is 0 Å². The average molecular weight is 243 g/mol. The number of rotatable bonds is 4. The molecular formula is C10H17N3O2S. The molecule has 1 aliphatic rings. The van der Waals surface area contributed by atoms with Crippen LogP contribution in [0.5, 0.6) is 0 Å². The zero-order valence-electron chi connectivity index (χ0n) is 9.35. The smallest absolute Gasteiger partial charge is 0.229 e. The Bertz CT molecular complexity index is 348. The summed E-state index contributed by atoms with van der Waals surface area (Å²) in [6.07, 6.45) is 2.63. The van der Waals surface area contributed by atoms with Crippen LogP contribution in [0.4, 0.5) is 0 Å². The molecule has 1 aromatic rings. The summed E-state index contributed by atoms with van der Waals surface area (Å²) < 4.78 is 5.12. The van der Waals surface area contributed by atoms with Crippen LogP contribution in [-0.4, -0.2) is 33.1 Å². The number of aromatic nitrogens is 2. The minimum atomic E-state index is -0.966. The van der Waals surface area contributed by atoms with Crippen molar-refractivity contribution in [3.05, 3.63) is 11.7 Å². The van der Waals surface area contributed by atoms with Crippen LogP contribution >= 0.6 is 11.8 Å². The minimum Gasteiger partial charge on any atom is -0.388 e. The summed E-state index contributed by atoms with van der Waals surface area (Å²) in [4.78, 5) is 4.31. The van der Waals surface area contributed by atoms with Gasteiger partial charge in [0, 0.05) is 6.54 Å². The SMILES string of the molecule is CC(O)(CN)Cc1nc(C2CCCS2)no1. The van der Waals surface area contributed by atoms with Gasteiger partial charge in [-0.05, 0) is 25.5 Å². The highest BCUT2D eigenvalue weighted by molar-refractivity contribution is 7.99. The Hall–Kier alpha value is -0.590. The van der Waals surface area contributed by atoms with E-state index in [4.69, 9.17) is 10.3 Å². The Morgan fingerprint density at radius 3 is 3.12 bits per heavy atom. The number of nitrogens with zero attached hydrogens (tertiary/aromatic N) is 2. The molecule has 2 heterocycles. The molecule has 1 fully saturated rings. The molecule has 3 N–H and O–H groups in total. The van der Waals surface area contributed by atoms with Gasteiger partial charge in [-0.3, -0.25) is 0 Å². The van der Waals surface area contributed by atoms with E-state index in [2.05, 4.69) is 10.1 Å². The van der Waals surface area contributed by atoms with Crippen LogP contribution in [0.15, 0.2) is 4.52 Å². The molecule has 5 nitrogen and oxygen atoms in total. The van der Waals surface area contributed by atoms with Gasteiger partial charge in [-0.2, -0.15) is 16.7 Å². The lowest BCUT2D eigenvalue weighted by Gasteiger charge is -2.17. The first kappa shape index (κ1) is 11.9. The summed E-state index contributed by atoms with van der Waals surface area (Å²) >= 11 is 1.86. The zero-order chi connectivity index (χ0) is 11.6. The predicted octanol–water partition coefficient (Wildman–Crippen LogP) is 0.890.